The molecule has 1 aromatic carbocycles. The molecule has 1 fully saturated rings. The largest absolute Gasteiger partial charge is 0.490 e. The van der Waals surface area contributed by atoms with Crippen molar-refractivity contribution in [3.8, 4) is 11.5 Å². The van der Waals surface area contributed by atoms with Crippen LogP contribution in [0.15, 0.2) is 18.2 Å². The molecule has 0 amide bonds. The molecule has 2 heterocycles. The predicted octanol–water partition coefficient (Wildman–Crippen LogP) is 2.30. The number of fused-ring (bicyclic) bond motifs is 1. The molecule has 1 unspecified atom stereocenters. The van der Waals surface area contributed by atoms with Crippen LogP contribution >= 0.6 is 0 Å². The summed E-state index contributed by atoms with van der Waals surface area (Å²) < 4.78 is 16.6. The Morgan fingerprint density at radius 2 is 2.00 bits per heavy atom. The van der Waals surface area contributed by atoms with Crippen molar-refractivity contribution in [3.05, 3.63) is 18.2 Å². The molecule has 0 bridgehead atoms. The average molecular weight is 249 g/mol. The molecule has 1 N–H and O–H groups in total. The number of ether oxygens (including phenoxy) is 3. The molecule has 0 aliphatic carbocycles. The Morgan fingerprint density at radius 3 is 2.83 bits per heavy atom. The van der Waals surface area contributed by atoms with Gasteiger partial charge in [-0.15, -0.1) is 0 Å². The molecule has 0 aromatic heterocycles. The standard InChI is InChI=1S/C14H19NO3/c1-5-17-13-3-2-12(8-14(13)18-6-1)15-9-11-4-7-16-10-11/h2-3,8,11,15H,1,4-7,9-10H2. The lowest BCUT2D eigenvalue weighted by Crippen LogP contribution is -2.14. The van der Waals surface area contributed by atoms with Crippen molar-refractivity contribution in [1.82, 2.24) is 0 Å². The van der Waals surface area contributed by atoms with Crippen LogP contribution in [0.2, 0.25) is 0 Å². The number of nitrogens with one attached hydrogen (secondary N) is 1. The highest BCUT2D eigenvalue weighted by atomic mass is 16.5. The third kappa shape index (κ3) is 2.70. The van der Waals surface area contributed by atoms with Gasteiger partial charge in [-0.3, -0.25) is 0 Å². The van der Waals surface area contributed by atoms with E-state index in [1.54, 1.807) is 0 Å². The van der Waals surface area contributed by atoms with Crippen LogP contribution in [-0.4, -0.2) is 33.0 Å². The first-order valence-corrected chi connectivity index (χ1v) is 6.63. The maximum absolute atomic E-state index is 5.67. The van der Waals surface area contributed by atoms with E-state index >= 15 is 0 Å². The zero-order chi connectivity index (χ0) is 12.2. The Balaban J connectivity index is 1.63. The lowest BCUT2D eigenvalue weighted by atomic mass is 10.1. The van der Waals surface area contributed by atoms with Crippen molar-refractivity contribution in [3.63, 3.8) is 0 Å². The van der Waals surface area contributed by atoms with Gasteiger partial charge in [0.15, 0.2) is 11.5 Å². The second kappa shape index (κ2) is 5.48. The lowest BCUT2D eigenvalue weighted by molar-refractivity contribution is 0.187. The molecule has 4 heteroatoms. The third-order valence-corrected chi connectivity index (χ3v) is 3.37. The van der Waals surface area contributed by atoms with Crippen molar-refractivity contribution in [2.45, 2.75) is 12.8 Å². The minimum Gasteiger partial charge on any atom is -0.490 e. The van der Waals surface area contributed by atoms with Crippen LogP contribution < -0.4 is 14.8 Å². The van der Waals surface area contributed by atoms with E-state index in [1.165, 1.54) is 0 Å². The van der Waals surface area contributed by atoms with Gasteiger partial charge < -0.3 is 19.5 Å². The summed E-state index contributed by atoms with van der Waals surface area (Å²) in [6.45, 7) is 4.19. The van der Waals surface area contributed by atoms with Crippen LogP contribution in [0.3, 0.4) is 0 Å². The molecule has 4 nitrogen and oxygen atoms in total. The Morgan fingerprint density at radius 1 is 1.11 bits per heavy atom. The topological polar surface area (TPSA) is 39.7 Å². The number of anilines is 1. The van der Waals surface area contributed by atoms with E-state index in [2.05, 4.69) is 5.32 Å². The fourth-order valence-electron chi connectivity index (χ4n) is 2.28. The van der Waals surface area contributed by atoms with E-state index in [1.807, 2.05) is 18.2 Å². The molecule has 3 rings (SSSR count). The molecule has 1 aromatic rings. The van der Waals surface area contributed by atoms with Crippen molar-refractivity contribution in [2.24, 2.45) is 5.92 Å². The summed E-state index contributed by atoms with van der Waals surface area (Å²) >= 11 is 0. The fourth-order valence-corrected chi connectivity index (χ4v) is 2.28. The average Bonchev–Trinajstić information content (AvgIpc) is 2.80. The molecule has 2 aliphatic heterocycles. The quantitative estimate of drug-likeness (QED) is 0.892. The summed E-state index contributed by atoms with van der Waals surface area (Å²) in [7, 11) is 0. The van der Waals surface area contributed by atoms with E-state index in [4.69, 9.17) is 14.2 Å². The van der Waals surface area contributed by atoms with E-state index in [0.29, 0.717) is 5.92 Å². The molecule has 2 aliphatic rings. The summed E-state index contributed by atoms with van der Waals surface area (Å²) in [6, 6.07) is 6.05. The summed E-state index contributed by atoms with van der Waals surface area (Å²) in [6.07, 6.45) is 2.09. The number of benzene rings is 1. The van der Waals surface area contributed by atoms with E-state index in [0.717, 1.165) is 63.0 Å². The Bertz CT molecular complexity index is 402. The van der Waals surface area contributed by atoms with Crippen LogP contribution in [0, 0.1) is 5.92 Å². The van der Waals surface area contributed by atoms with Gasteiger partial charge in [0.2, 0.25) is 0 Å². The highest BCUT2D eigenvalue weighted by molar-refractivity contribution is 5.55. The van der Waals surface area contributed by atoms with Crippen molar-refractivity contribution >= 4 is 5.69 Å². The zero-order valence-electron chi connectivity index (χ0n) is 10.5. The van der Waals surface area contributed by atoms with Crippen LogP contribution in [-0.2, 0) is 4.74 Å². The van der Waals surface area contributed by atoms with Gasteiger partial charge in [-0.1, -0.05) is 0 Å². The molecule has 0 radical (unpaired) electrons. The summed E-state index contributed by atoms with van der Waals surface area (Å²) in [4.78, 5) is 0. The number of hydrogen-bond acceptors (Lipinski definition) is 4. The molecule has 18 heavy (non-hydrogen) atoms. The summed E-state index contributed by atoms with van der Waals surface area (Å²) in [5.74, 6) is 2.32. The summed E-state index contributed by atoms with van der Waals surface area (Å²) in [5, 5.41) is 3.44. The maximum Gasteiger partial charge on any atom is 0.163 e. The van der Waals surface area contributed by atoms with Gasteiger partial charge in [0.05, 0.1) is 19.8 Å². The molecule has 1 saturated heterocycles. The van der Waals surface area contributed by atoms with Crippen LogP contribution in [0.1, 0.15) is 12.8 Å². The highest BCUT2D eigenvalue weighted by Gasteiger charge is 2.16. The van der Waals surface area contributed by atoms with E-state index in [-0.39, 0.29) is 0 Å². The smallest absolute Gasteiger partial charge is 0.163 e. The number of hydrogen-bond donors (Lipinski definition) is 1. The second-order valence-corrected chi connectivity index (χ2v) is 4.82. The van der Waals surface area contributed by atoms with Crippen molar-refractivity contribution in [1.29, 1.82) is 0 Å². The molecule has 1 atom stereocenters. The first-order valence-electron chi connectivity index (χ1n) is 6.63. The van der Waals surface area contributed by atoms with Crippen LogP contribution in [0.25, 0.3) is 0 Å². The van der Waals surface area contributed by atoms with Gasteiger partial charge in [-0.2, -0.15) is 0 Å². The van der Waals surface area contributed by atoms with E-state index < -0.39 is 0 Å². The van der Waals surface area contributed by atoms with E-state index in [9.17, 15) is 0 Å². The normalized spacial score (nSPS) is 22.6. The van der Waals surface area contributed by atoms with Crippen molar-refractivity contribution in [2.75, 3.05) is 38.3 Å². The van der Waals surface area contributed by atoms with Gasteiger partial charge in [-0.25, -0.2) is 0 Å². The molecule has 98 valence electrons. The summed E-state index contributed by atoms with van der Waals surface area (Å²) in [5.41, 5.74) is 1.09. The Hall–Kier alpha value is -1.42. The van der Waals surface area contributed by atoms with Gasteiger partial charge in [-0.05, 0) is 18.6 Å². The first kappa shape index (κ1) is 11.7. The van der Waals surface area contributed by atoms with Crippen LogP contribution in [0.4, 0.5) is 5.69 Å². The Kier molecular flexibility index (Phi) is 3.55. The monoisotopic (exact) mass is 249 g/mol. The van der Waals surface area contributed by atoms with Crippen molar-refractivity contribution < 1.29 is 14.2 Å². The lowest BCUT2D eigenvalue weighted by Gasteiger charge is -2.13. The first-order chi connectivity index (χ1) is 8.92. The van der Waals surface area contributed by atoms with Gasteiger partial charge in [0.1, 0.15) is 0 Å². The minimum absolute atomic E-state index is 0.626. The maximum atomic E-state index is 5.67. The molecule has 0 spiro atoms. The predicted molar refractivity (Wildman–Crippen MR) is 69.5 cm³/mol. The van der Waals surface area contributed by atoms with Gasteiger partial charge >= 0.3 is 0 Å². The highest BCUT2D eigenvalue weighted by Crippen LogP contribution is 2.32. The second-order valence-electron chi connectivity index (χ2n) is 4.82. The van der Waals surface area contributed by atoms with Crippen LogP contribution in [0.5, 0.6) is 11.5 Å². The number of rotatable bonds is 3. The molecular weight excluding hydrogens is 230 g/mol. The minimum atomic E-state index is 0.626. The SMILES string of the molecule is c1cc2c(cc1NCC1CCOC1)OCCCO2. The third-order valence-electron chi connectivity index (χ3n) is 3.37. The Labute approximate surface area is 107 Å². The zero-order valence-corrected chi connectivity index (χ0v) is 10.5. The van der Waals surface area contributed by atoms with Gasteiger partial charge in [0.25, 0.3) is 0 Å². The molecule has 0 saturated carbocycles. The molecular formula is C14H19NO3. The van der Waals surface area contributed by atoms with Gasteiger partial charge in [0, 0.05) is 37.2 Å². The fraction of sp³-hybridized carbons (Fsp3) is 0.571.